The number of aromatic hydroxyl groups is 1. The van der Waals surface area contributed by atoms with Crippen molar-refractivity contribution >= 4 is 21.6 Å². The van der Waals surface area contributed by atoms with Crippen LogP contribution in [0.5, 0.6) is 5.75 Å². The van der Waals surface area contributed by atoms with Gasteiger partial charge < -0.3 is 5.11 Å². The van der Waals surface area contributed by atoms with Gasteiger partial charge in [0.2, 0.25) is 0 Å². The molecular formula is C13H13F3O2S. The Morgan fingerprint density at radius 3 is 2.11 bits per heavy atom. The predicted octanol–water partition coefficient (Wildman–Crippen LogP) is 3.56. The van der Waals surface area contributed by atoms with E-state index in [1.54, 1.807) is 24.6 Å². The monoisotopic (exact) mass is 290 g/mol. The van der Waals surface area contributed by atoms with Crippen LogP contribution in [0.2, 0.25) is 0 Å². The Kier molecular flexibility index (Phi) is 4.94. The third-order valence-electron chi connectivity index (χ3n) is 2.19. The highest BCUT2D eigenvalue weighted by Gasteiger charge is 2.35. The third kappa shape index (κ3) is 4.24. The normalized spacial score (nSPS) is 11.3. The summed E-state index contributed by atoms with van der Waals surface area (Å²) in [4.78, 5) is 0. The summed E-state index contributed by atoms with van der Waals surface area (Å²) in [5.74, 6) is -0.735. The molecule has 0 aliphatic carbocycles. The van der Waals surface area contributed by atoms with Crippen molar-refractivity contribution in [2.75, 3.05) is 12.5 Å². The SMILES string of the molecule is CS(C)=O.Oc1ccc2ccccc2c1C(F)(F)F. The summed E-state index contributed by atoms with van der Waals surface area (Å²) in [5.41, 5.74) is -0.972. The summed E-state index contributed by atoms with van der Waals surface area (Å²) in [6.45, 7) is 0. The van der Waals surface area contributed by atoms with Crippen molar-refractivity contribution in [1.29, 1.82) is 0 Å². The van der Waals surface area contributed by atoms with Crippen LogP contribution in [-0.2, 0) is 17.0 Å². The van der Waals surface area contributed by atoms with E-state index in [0.29, 0.717) is 5.39 Å². The molecule has 0 heterocycles. The minimum atomic E-state index is -4.54. The fraction of sp³-hybridized carbons (Fsp3) is 0.231. The number of benzene rings is 2. The fourth-order valence-corrected chi connectivity index (χ4v) is 1.56. The standard InChI is InChI=1S/C11H7F3O.C2H6OS/c12-11(13,14)10-8-4-2-1-3-7(8)5-6-9(10)15;1-4(2)3/h1-6,15H;1-2H3. The molecule has 0 fully saturated rings. The van der Waals surface area contributed by atoms with Gasteiger partial charge in [-0.1, -0.05) is 30.3 Å². The lowest BCUT2D eigenvalue weighted by molar-refractivity contribution is -0.137. The molecule has 0 bridgehead atoms. The second kappa shape index (κ2) is 6.06. The number of rotatable bonds is 0. The molecule has 0 atom stereocenters. The molecule has 0 unspecified atom stereocenters. The van der Waals surface area contributed by atoms with Gasteiger partial charge in [-0.3, -0.25) is 4.21 Å². The Labute approximate surface area is 111 Å². The van der Waals surface area contributed by atoms with E-state index in [9.17, 15) is 22.5 Å². The van der Waals surface area contributed by atoms with Gasteiger partial charge in [0.15, 0.2) is 0 Å². The first-order chi connectivity index (χ1) is 8.73. The van der Waals surface area contributed by atoms with E-state index in [1.807, 2.05) is 0 Å². The zero-order valence-electron chi connectivity index (χ0n) is 10.4. The topological polar surface area (TPSA) is 37.3 Å². The molecule has 19 heavy (non-hydrogen) atoms. The summed E-state index contributed by atoms with van der Waals surface area (Å²) in [6, 6.07) is 8.60. The van der Waals surface area contributed by atoms with Crippen LogP contribution in [0.1, 0.15) is 5.56 Å². The van der Waals surface area contributed by atoms with Crippen molar-refractivity contribution in [2.24, 2.45) is 0 Å². The van der Waals surface area contributed by atoms with E-state index in [4.69, 9.17) is 0 Å². The Hall–Kier alpha value is -1.56. The maximum Gasteiger partial charge on any atom is 0.420 e. The molecule has 0 aliphatic rings. The number of alkyl halides is 3. The van der Waals surface area contributed by atoms with Crippen LogP contribution in [0, 0.1) is 0 Å². The van der Waals surface area contributed by atoms with E-state index in [2.05, 4.69) is 0 Å². The summed E-state index contributed by atoms with van der Waals surface area (Å²) >= 11 is 0. The number of fused-ring (bicyclic) bond motifs is 1. The quantitative estimate of drug-likeness (QED) is 0.805. The number of phenolic OH excluding ortho intramolecular Hbond substituents is 1. The lowest BCUT2D eigenvalue weighted by atomic mass is 10.0. The molecule has 2 rings (SSSR count). The molecule has 1 N–H and O–H groups in total. The average Bonchev–Trinajstić information content (AvgIpc) is 2.26. The summed E-state index contributed by atoms with van der Waals surface area (Å²) in [5, 5.41) is 9.70. The zero-order chi connectivity index (χ0) is 14.6. The highest BCUT2D eigenvalue weighted by molar-refractivity contribution is 7.83. The minimum absolute atomic E-state index is 0.0185. The number of halogens is 3. The Morgan fingerprint density at radius 1 is 1.05 bits per heavy atom. The van der Waals surface area contributed by atoms with Gasteiger partial charge in [0.1, 0.15) is 11.3 Å². The van der Waals surface area contributed by atoms with Crippen molar-refractivity contribution in [2.45, 2.75) is 6.18 Å². The van der Waals surface area contributed by atoms with Crippen LogP contribution in [0.4, 0.5) is 13.2 Å². The van der Waals surface area contributed by atoms with Crippen LogP contribution < -0.4 is 0 Å². The molecule has 2 nitrogen and oxygen atoms in total. The fourth-order valence-electron chi connectivity index (χ4n) is 1.56. The van der Waals surface area contributed by atoms with E-state index in [1.165, 1.54) is 18.2 Å². The van der Waals surface area contributed by atoms with Gasteiger partial charge in [-0.05, 0) is 16.8 Å². The van der Waals surface area contributed by atoms with Crippen LogP contribution in [-0.4, -0.2) is 21.8 Å². The Morgan fingerprint density at radius 2 is 1.58 bits per heavy atom. The zero-order valence-corrected chi connectivity index (χ0v) is 11.2. The Bertz CT molecular complexity index is 590. The maximum atomic E-state index is 12.6. The third-order valence-corrected chi connectivity index (χ3v) is 2.19. The van der Waals surface area contributed by atoms with Crippen molar-refractivity contribution in [3.8, 4) is 5.75 Å². The molecule has 0 aliphatic heterocycles. The number of phenols is 1. The van der Waals surface area contributed by atoms with Gasteiger partial charge in [-0.25, -0.2) is 0 Å². The van der Waals surface area contributed by atoms with Gasteiger partial charge in [0.05, 0.1) is 0 Å². The first-order valence-corrected chi connectivity index (χ1v) is 7.23. The van der Waals surface area contributed by atoms with E-state index in [0.717, 1.165) is 6.07 Å². The van der Waals surface area contributed by atoms with Crippen LogP contribution in [0.3, 0.4) is 0 Å². The first kappa shape index (κ1) is 15.5. The molecule has 104 valence electrons. The molecule has 0 saturated heterocycles. The molecule has 2 aromatic rings. The highest BCUT2D eigenvalue weighted by Crippen LogP contribution is 2.40. The summed E-state index contributed by atoms with van der Waals surface area (Å²) < 4.78 is 47.4. The first-order valence-electron chi connectivity index (χ1n) is 5.26. The molecule has 2 aromatic carbocycles. The van der Waals surface area contributed by atoms with E-state index in [-0.39, 0.29) is 5.39 Å². The minimum Gasteiger partial charge on any atom is -0.507 e. The molecule has 0 aromatic heterocycles. The predicted molar refractivity (Wildman–Crippen MR) is 70.6 cm³/mol. The highest BCUT2D eigenvalue weighted by atomic mass is 32.2. The van der Waals surface area contributed by atoms with E-state index >= 15 is 0 Å². The van der Waals surface area contributed by atoms with Gasteiger partial charge >= 0.3 is 6.18 Å². The lowest BCUT2D eigenvalue weighted by Crippen LogP contribution is -2.06. The van der Waals surface area contributed by atoms with Crippen molar-refractivity contribution in [1.82, 2.24) is 0 Å². The van der Waals surface area contributed by atoms with Crippen LogP contribution in [0.25, 0.3) is 10.8 Å². The van der Waals surface area contributed by atoms with Crippen LogP contribution in [0.15, 0.2) is 36.4 Å². The maximum absolute atomic E-state index is 12.6. The smallest absolute Gasteiger partial charge is 0.420 e. The molecule has 0 spiro atoms. The van der Waals surface area contributed by atoms with Crippen molar-refractivity contribution in [3.63, 3.8) is 0 Å². The molecule has 0 amide bonds. The molecule has 0 radical (unpaired) electrons. The van der Waals surface area contributed by atoms with E-state index < -0.39 is 28.3 Å². The Balaban J connectivity index is 0.000000399. The van der Waals surface area contributed by atoms with Gasteiger partial charge in [0.25, 0.3) is 0 Å². The van der Waals surface area contributed by atoms with Gasteiger partial charge in [-0.15, -0.1) is 0 Å². The summed E-state index contributed by atoms with van der Waals surface area (Å²) in [7, 11) is -0.611. The molecule has 6 heteroatoms. The second-order valence-corrected chi connectivity index (χ2v) is 5.40. The largest absolute Gasteiger partial charge is 0.507 e. The summed E-state index contributed by atoms with van der Waals surface area (Å²) in [6.07, 6.45) is -1.26. The second-order valence-electron chi connectivity index (χ2n) is 3.92. The van der Waals surface area contributed by atoms with Crippen molar-refractivity contribution in [3.05, 3.63) is 42.0 Å². The van der Waals surface area contributed by atoms with Gasteiger partial charge in [-0.2, -0.15) is 13.2 Å². The molecular weight excluding hydrogens is 277 g/mol. The average molecular weight is 290 g/mol. The lowest BCUT2D eigenvalue weighted by Gasteiger charge is -2.11. The van der Waals surface area contributed by atoms with Crippen molar-refractivity contribution < 1.29 is 22.5 Å². The number of hydrogen-bond donors (Lipinski definition) is 1. The number of hydrogen-bond acceptors (Lipinski definition) is 2. The van der Waals surface area contributed by atoms with Gasteiger partial charge in [0, 0.05) is 23.3 Å². The molecule has 0 saturated carbocycles. The van der Waals surface area contributed by atoms with Crippen LogP contribution >= 0.6 is 0 Å².